The summed E-state index contributed by atoms with van der Waals surface area (Å²) in [5.74, 6) is -0.0286. The number of aromatic nitrogens is 1. The summed E-state index contributed by atoms with van der Waals surface area (Å²) in [7, 11) is 1.29. The summed E-state index contributed by atoms with van der Waals surface area (Å²) >= 11 is 0. The summed E-state index contributed by atoms with van der Waals surface area (Å²) in [5, 5.41) is 0. The average molecular weight is 217 g/mol. The fraction of sp³-hybridized carbons (Fsp3) is 0.167. The number of hydrogen-bond donors (Lipinski definition) is 0. The highest BCUT2D eigenvalue weighted by Crippen LogP contribution is 2.23. The van der Waals surface area contributed by atoms with Gasteiger partial charge in [-0.15, -0.1) is 0 Å². The minimum absolute atomic E-state index is 0.0271. The van der Waals surface area contributed by atoms with Crippen molar-refractivity contribution in [2.45, 2.75) is 6.92 Å². The minimum atomic E-state index is -0.570. The molecule has 0 aliphatic heterocycles. The van der Waals surface area contributed by atoms with Crippen molar-refractivity contribution in [3.05, 3.63) is 41.9 Å². The van der Waals surface area contributed by atoms with E-state index < -0.39 is 5.97 Å². The zero-order valence-electron chi connectivity index (χ0n) is 9.06. The topological polar surface area (TPSA) is 52.3 Å². The second kappa shape index (κ2) is 4.18. The van der Waals surface area contributed by atoms with Crippen LogP contribution in [0.4, 0.5) is 0 Å². The van der Waals surface area contributed by atoms with Crippen molar-refractivity contribution < 1.29 is 13.9 Å². The molecule has 0 spiro atoms. The first-order chi connectivity index (χ1) is 7.72. The predicted octanol–water partition coefficient (Wildman–Crippen LogP) is 2.44. The van der Waals surface area contributed by atoms with Gasteiger partial charge < -0.3 is 9.15 Å². The van der Waals surface area contributed by atoms with Gasteiger partial charge in [-0.3, -0.25) is 0 Å². The molecule has 0 amide bonds. The van der Waals surface area contributed by atoms with E-state index in [4.69, 9.17) is 4.42 Å². The number of oxazole rings is 1. The molecule has 0 N–H and O–H groups in total. The quantitative estimate of drug-likeness (QED) is 0.725. The van der Waals surface area contributed by atoms with E-state index in [-0.39, 0.29) is 5.89 Å². The molecule has 0 unspecified atom stereocenters. The Bertz CT molecular complexity index is 516. The Labute approximate surface area is 92.9 Å². The van der Waals surface area contributed by atoms with Crippen molar-refractivity contribution in [1.29, 1.82) is 0 Å². The van der Waals surface area contributed by atoms with Gasteiger partial charge in [0, 0.05) is 5.56 Å². The molecule has 0 radical (unpaired) electrons. The molecule has 1 aromatic heterocycles. The maximum Gasteiger partial charge on any atom is 0.394 e. The first-order valence-corrected chi connectivity index (χ1v) is 4.82. The third kappa shape index (κ3) is 1.82. The van der Waals surface area contributed by atoms with E-state index in [1.165, 1.54) is 13.3 Å². The van der Waals surface area contributed by atoms with Crippen LogP contribution in [0.2, 0.25) is 0 Å². The van der Waals surface area contributed by atoms with Gasteiger partial charge in [-0.1, -0.05) is 24.3 Å². The fourth-order valence-electron chi connectivity index (χ4n) is 1.43. The van der Waals surface area contributed by atoms with Crippen LogP contribution < -0.4 is 0 Å². The van der Waals surface area contributed by atoms with E-state index in [0.29, 0.717) is 5.76 Å². The molecule has 16 heavy (non-hydrogen) atoms. The van der Waals surface area contributed by atoms with E-state index in [1.54, 1.807) is 0 Å². The third-order valence-corrected chi connectivity index (χ3v) is 2.28. The molecular weight excluding hydrogens is 206 g/mol. The second-order valence-electron chi connectivity index (χ2n) is 3.34. The summed E-state index contributed by atoms with van der Waals surface area (Å²) in [6, 6.07) is 7.73. The van der Waals surface area contributed by atoms with Crippen LogP contribution in [-0.4, -0.2) is 18.1 Å². The van der Waals surface area contributed by atoms with Crippen LogP contribution in [0.1, 0.15) is 16.2 Å². The molecule has 0 fully saturated rings. The van der Waals surface area contributed by atoms with Gasteiger partial charge >= 0.3 is 11.9 Å². The lowest BCUT2D eigenvalue weighted by Crippen LogP contribution is -2.00. The summed E-state index contributed by atoms with van der Waals surface area (Å²) in [4.78, 5) is 15.0. The largest absolute Gasteiger partial charge is 0.462 e. The van der Waals surface area contributed by atoms with Gasteiger partial charge in [-0.25, -0.2) is 9.78 Å². The molecule has 4 nitrogen and oxygen atoms in total. The monoisotopic (exact) mass is 217 g/mol. The van der Waals surface area contributed by atoms with Crippen LogP contribution in [0, 0.1) is 6.92 Å². The molecule has 0 atom stereocenters. The van der Waals surface area contributed by atoms with Crippen molar-refractivity contribution >= 4 is 5.97 Å². The van der Waals surface area contributed by atoms with Gasteiger partial charge in [0.05, 0.1) is 13.3 Å². The minimum Gasteiger partial charge on any atom is -0.462 e. The molecular formula is C12H11NO3. The molecule has 0 saturated heterocycles. The Balaban J connectivity index is 2.39. The van der Waals surface area contributed by atoms with Crippen molar-refractivity contribution in [3.63, 3.8) is 0 Å². The highest BCUT2D eigenvalue weighted by Gasteiger charge is 2.14. The number of carbonyl (C=O) groups is 1. The molecule has 1 heterocycles. The van der Waals surface area contributed by atoms with Crippen LogP contribution in [0.25, 0.3) is 11.3 Å². The number of aryl methyl sites for hydroxylation is 1. The smallest absolute Gasteiger partial charge is 0.394 e. The van der Waals surface area contributed by atoms with Crippen molar-refractivity contribution in [2.24, 2.45) is 0 Å². The van der Waals surface area contributed by atoms with Gasteiger partial charge in [0.25, 0.3) is 0 Å². The van der Waals surface area contributed by atoms with Crippen molar-refractivity contribution in [3.8, 4) is 11.3 Å². The molecule has 0 saturated carbocycles. The van der Waals surface area contributed by atoms with E-state index in [1.807, 2.05) is 31.2 Å². The highest BCUT2D eigenvalue weighted by atomic mass is 16.5. The Morgan fingerprint density at radius 3 is 2.81 bits per heavy atom. The van der Waals surface area contributed by atoms with Gasteiger partial charge in [0.15, 0.2) is 5.76 Å². The van der Waals surface area contributed by atoms with Crippen LogP contribution in [0.15, 0.2) is 34.9 Å². The van der Waals surface area contributed by atoms with Crippen molar-refractivity contribution in [1.82, 2.24) is 4.98 Å². The van der Waals surface area contributed by atoms with Crippen LogP contribution >= 0.6 is 0 Å². The Morgan fingerprint density at radius 2 is 2.12 bits per heavy atom. The summed E-state index contributed by atoms with van der Waals surface area (Å²) in [6.07, 6.45) is 1.52. The van der Waals surface area contributed by atoms with E-state index in [9.17, 15) is 4.79 Å². The average Bonchev–Trinajstić information content (AvgIpc) is 2.78. The third-order valence-electron chi connectivity index (χ3n) is 2.28. The van der Waals surface area contributed by atoms with Crippen molar-refractivity contribution in [2.75, 3.05) is 7.11 Å². The lowest BCUT2D eigenvalue weighted by molar-refractivity contribution is 0.0557. The maximum absolute atomic E-state index is 11.2. The van der Waals surface area contributed by atoms with E-state index in [2.05, 4.69) is 9.72 Å². The van der Waals surface area contributed by atoms with Gasteiger partial charge in [-0.2, -0.15) is 0 Å². The number of nitrogens with zero attached hydrogens (tertiary/aromatic N) is 1. The Kier molecular flexibility index (Phi) is 2.72. The molecule has 0 bridgehead atoms. The Hall–Kier alpha value is -2.10. The van der Waals surface area contributed by atoms with Gasteiger partial charge in [0.2, 0.25) is 0 Å². The number of benzene rings is 1. The lowest BCUT2D eigenvalue weighted by atomic mass is 10.1. The molecule has 1 aromatic carbocycles. The molecule has 0 aliphatic rings. The lowest BCUT2D eigenvalue weighted by Gasteiger charge is -1.99. The van der Waals surface area contributed by atoms with Crippen LogP contribution in [0.3, 0.4) is 0 Å². The first kappa shape index (κ1) is 10.4. The molecule has 82 valence electrons. The number of hydrogen-bond acceptors (Lipinski definition) is 4. The second-order valence-corrected chi connectivity index (χ2v) is 3.34. The molecule has 0 aliphatic carbocycles. The Morgan fingerprint density at radius 1 is 1.38 bits per heavy atom. The SMILES string of the molecule is COC(=O)c1ncc(-c2ccccc2C)o1. The highest BCUT2D eigenvalue weighted by molar-refractivity contribution is 5.84. The zero-order chi connectivity index (χ0) is 11.5. The number of rotatable bonds is 2. The molecule has 2 aromatic rings. The number of methoxy groups -OCH3 is 1. The van der Waals surface area contributed by atoms with Crippen LogP contribution in [-0.2, 0) is 4.74 Å². The van der Waals surface area contributed by atoms with E-state index >= 15 is 0 Å². The van der Waals surface area contributed by atoms with Crippen LogP contribution in [0.5, 0.6) is 0 Å². The number of carbonyl (C=O) groups excluding carboxylic acids is 1. The predicted molar refractivity (Wildman–Crippen MR) is 58.0 cm³/mol. The van der Waals surface area contributed by atoms with Gasteiger partial charge in [0.1, 0.15) is 0 Å². The van der Waals surface area contributed by atoms with Gasteiger partial charge in [-0.05, 0) is 12.5 Å². The number of ether oxygens (including phenoxy) is 1. The summed E-state index contributed by atoms with van der Waals surface area (Å²) in [5.41, 5.74) is 1.99. The standard InChI is InChI=1S/C12H11NO3/c1-8-5-3-4-6-9(8)10-7-13-11(16-10)12(14)15-2/h3-7H,1-2H3. The van der Waals surface area contributed by atoms with E-state index in [0.717, 1.165) is 11.1 Å². The maximum atomic E-state index is 11.2. The normalized spacial score (nSPS) is 10.1. The first-order valence-electron chi connectivity index (χ1n) is 4.82. The molecule has 4 heteroatoms. The number of esters is 1. The fourth-order valence-corrected chi connectivity index (χ4v) is 1.43. The summed E-state index contributed by atoms with van der Waals surface area (Å²) in [6.45, 7) is 1.97. The zero-order valence-corrected chi connectivity index (χ0v) is 9.06. The molecule has 2 rings (SSSR count). The summed E-state index contributed by atoms with van der Waals surface area (Å²) < 4.78 is 9.84.